The summed E-state index contributed by atoms with van der Waals surface area (Å²) in [6.45, 7) is 8.17. The van der Waals surface area contributed by atoms with Gasteiger partial charge in [-0.25, -0.2) is 4.79 Å². The van der Waals surface area contributed by atoms with Crippen molar-refractivity contribution in [3.8, 4) is 0 Å². The summed E-state index contributed by atoms with van der Waals surface area (Å²) >= 11 is 3.52. The zero-order chi connectivity index (χ0) is 16.8. The number of ether oxygens (including phenoxy) is 1. The third kappa shape index (κ3) is 6.36. The van der Waals surface area contributed by atoms with Crippen LogP contribution in [0.4, 0.5) is 4.79 Å². The number of hydrogen-bond acceptors (Lipinski definition) is 3. The summed E-state index contributed by atoms with van der Waals surface area (Å²) < 4.78 is 6.49. The molecule has 0 bridgehead atoms. The summed E-state index contributed by atoms with van der Waals surface area (Å²) in [5.41, 5.74) is 0.504. The summed E-state index contributed by atoms with van der Waals surface area (Å²) in [4.78, 5) is 14.2. The SMILES string of the molecule is CC(CCCO)N(Cc1ccccc1Br)C(=O)OC(C)(C)C. The Morgan fingerprint density at radius 3 is 2.55 bits per heavy atom. The fourth-order valence-corrected chi connectivity index (χ4v) is 2.48. The first-order chi connectivity index (χ1) is 10.2. The summed E-state index contributed by atoms with van der Waals surface area (Å²) in [6.07, 6.45) is 1.07. The van der Waals surface area contributed by atoms with Crippen LogP contribution in [0.1, 0.15) is 46.1 Å². The number of nitrogens with zero attached hydrogens (tertiary/aromatic N) is 1. The van der Waals surface area contributed by atoms with E-state index < -0.39 is 5.60 Å². The maximum Gasteiger partial charge on any atom is 0.410 e. The lowest BCUT2D eigenvalue weighted by atomic mass is 10.1. The molecule has 5 heteroatoms. The van der Waals surface area contributed by atoms with Gasteiger partial charge in [-0.15, -0.1) is 0 Å². The second kappa shape index (κ2) is 8.53. The Kier molecular flexibility index (Phi) is 7.36. The third-order valence-electron chi connectivity index (χ3n) is 3.24. The minimum absolute atomic E-state index is 0.00546. The number of aliphatic hydroxyl groups is 1. The summed E-state index contributed by atoms with van der Waals surface area (Å²) in [5.74, 6) is 0. The average molecular weight is 372 g/mol. The minimum Gasteiger partial charge on any atom is -0.444 e. The van der Waals surface area contributed by atoms with Crippen LogP contribution in [0.25, 0.3) is 0 Å². The zero-order valence-electron chi connectivity index (χ0n) is 13.8. The quantitative estimate of drug-likeness (QED) is 0.808. The molecule has 0 aliphatic carbocycles. The van der Waals surface area contributed by atoms with Gasteiger partial charge in [0.2, 0.25) is 0 Å². The van der Waals surface area contributed by atoms with Crippen molar-refractivity contribution in [3.05, 3.63) is 34.3 Å². The molecule has 0 radical (unpaired) electrons. The molecule has 0 saturated carbocycles. The lowest BCUT2D eigenvalue weighted by molar-refractivity contribution is 0.0142. The molecule has 1 aromatic carbocycles. The van der Waals surface area contributed by atoms with E-state index in [1.807, 2.05) is 52.0 Å². The topological polar surface area (TPSA) is 49.8 Å². The highest BCUT2D eigenvalue weighted by atomic mass is 79.9. The van der Waals surface area contributed by atoms with Crippen LogP contribution in [0.3, 0.4) is 0 Å². The molecule has 1 aromatic rings. The second-order valence-electron chi connectivity index (χ2n) is 6.41. The summed E-state index contributed by atoms with van der Waals surface area (Å²) in [6, 6.07) is 7.84. The van der Waals surface area contributed by atoms with E-state index in [4.69, 9.17) is 9.84 Å². The van der Waals surface area contributed by atoms with Gasteiger partial charge in [-0.2, -0.15) is 0 Å². The van der Waals surface area contributed by atoms with Gasteiger partial charge in [0, 0.05) is 17.1 Å². The first-order valence-corrected chi connectivity index (χ1v) is 8.38. The molecule has 1 unspecified atom stereocenters. The first kappa shape index (κ1) is 19.0. The van der Waals surface area contributed by atoms with E-state index in [0.717, 1.165) is 16.5 Å². The highest BCUT2D eigenvalue weighted by molar-refractivity contribution is 9.10. The van der Waals surface area contributed by atoms with Crippen LogP contribution in [0.5, 0.6) is 0 Å². The van der Waals surface area contributed by atoms with E-state index >= 15 is 0 Å². The Morgan fingerprint density at radius 2 is 2.00 bits per heavy atom. The molecule has 22 heavy (non-hydrogen) atoms. The molecule has 1 amide bonds. The van der Waals surface area contributed by atoms with Gasteiger partial charge in [0.05, 0.1) is 6.54 Å². The minimum atomic E-state index is -0.528. The van der Waals surface area contributed by atoms with Crippen molar-refractivity contribution in [2.45, 2.75) is 58.7 Å². The summed E-state index contributed by atoms with van der Waals surface area (Å²) in [5, 5.41) is 9.01. The molecule has 0 saturated heterocycles. The van der Waals surface area contributed by atoms with Gasteiger partial charge in [0.15, 0.2) is 0 Å². The van der Waals surface area contributed by atoms with Gasteiger partial charge in [0.25, 0.3) is 0 Å². The highest BCUT2D eigenvalue weighted by Crippen LogP contribution is 2.22. The predicted molar refractivity (Wildman–Crippen MR) is 91.7 cm³/mol. The summed E-state index contributed by atoms with van der Waals surface area (Å²) in [7, 11) is 0. The van der Waals surface area contributed by atoms with Crippen molar-refractivity contribution in [3.63, 3.8) is 0 Å². The number of amides is 1. The molecular weight excluding hydrogens is 346 g/mol. The fraction of sp³-hybridized carbons (Fsp3) is 0.588. The number of carbonyl (C=O) groups is 1. The molecule has 1 rings (SSSR count). The Bertz CT molecular complexity index is 485. The lowest BCUT2D eigenvalue weighted by Crippen LogP contribution is -2.41. The average Bonchev–Trinajstić information content (AvgIpc) is 2.41. The monoisotopic (exact) mass is 371 g/mol. The Balaban J connectivity index is 2.90. The molecule has 0 aliphatic heterocycles. The zero-order valence-corrected chi connectivity index (χ0v) is 15.4. The molecule has 0 fully saturated rings. The number of halogens is 1. The van der Waals surface area contributed by atoms with Crippen LogP contribution in [0.2, 0.25) is 0 Å². The van der Waals surface area contributed by atoms with E-state index in [2.05, 4.69) is 15.9 Å². The standard InChI is InChI=1S/C17H26BrNO3/c1-13(8-7-11-20)19(16(21)22-17(2,3)4)12-14-9-5-6-10-15(14)18/h5-6,9-10,13,20H,7-8,11-12H2,1-4H3. The van der Waals surface area contributed by atoms with Crippen LogP contribution < -0.4 is 0 Å². The molecular formula is C17H26BrNO3. The Labute approximate surface area is 141 Å². The van der Waals surface area contributed by atoms with Gasteiger partial charge in [-0.05, 0) is 52.2 Å². The maximum absolute atomic E-state index is 12.5. The molecule has 0 aromatic heterocycles. The van der Waals surface area contributed by atoms with Crippen LogP contribution >= 0.6 is 15.9 Å². The fourth-order valence-electron chi connectivity index (χ4n) is 2.07. The number of hydrogen-bond donors (Lipinski definition) is 1. The van der Waals surface area contributed by atoms with Crippen LogP contribution in [-0.4, -0.2) is 34.3 Å². The van der Waals surface area contributed by atoms with Crippen LogP contribution in [0, 0.1) is 0 Å². The van der Waals surface area contributed by atoms with E-state index in [0.29, 0.717) is 13.0 Å². The smallest absolute Gasteiger partial charge is 0.410 e. The number of carbonyl (C=O) groups excluding carboxylic acids is 1. The maximum atomic E-state index is 12.5. The largest absolute Gasteiger partial charge is 0.444 e. The van der Waals surface area contributed by atoms with Crippen molar-refractivity contribution in [2.24, 2.45) is 0 Å². The van der Waals surface area contributed by atoms with Gasteiger partial charge in [-0.1, -0.05) is 34.1 Å². The van der Waals surface area contributed by atoms with Crippen LogP contribution in [-0.2, 0) is 11.3 Å². The molecule has 0 aliphatic rings. The number of aliphatic hydroxyl groups excluding tert-OH is 1. The molecule has 0 heterocycles. The van der Waals surface area contributed by atoms with Gasteiger partial charge < -0.3 is 14.7 Å². The van der Waals surface area contributed by atoms with Crippen LogP contribution in [0.15, 0.2) is 28.7 Å². The number of benzene rings is 1. The van der Waals surface area contributed by atoms with E-state index in [9.17, 15) is 4.79 Å². The number of rotatable bonds is 6. The molecule has 1 N–H and O–H groups in total. The predicted octanol–water partition coefficient (Wildman–Crippen LogP) is 4.35. The van der Waals surface area contributed by atoms with Gasteiger partial charge >= 0.3 is 6.09 Å². The molecule has 0 spiro atoms. The van der Waals surface area contributed by atoms with E-state index in [-0.39, 0.29) is 18.7 Å². The Hall–Kier alpha value is -1.07. The van der Waals surface area contributed by atoms with Crippen molar-refractivity contribution < 1.29 is 14.6 Å². The van der Waals surface area contributed by atoms with Gasteiger partial charge in [0.1, 0.15) is 5.60 Å². The third-order valence-corrected chi connectivity index (χ3v) is 4.01. The highest BCUT2D eigenvalue weighted by Gasteiger charge is 2.26. The molecule has 124 valence electrons. The molecule has 4 nitrogen and oxygen atoms in total. The first-order valence-electron chi connectivity index (χ1n) is 7.58. The van der Waals surface area contributed by atoms with E-state index in [1.165, 1.54) is 0 Å². The second-order valence-corrected chi connectivity index (χ2v) is 7.27. The van der Waals surface area contributed by atoms with Crippen molar-refractivity contribution >= 4 is 22.0 Å². The van der Waals surface area contributed by atoms with Crippen molar-refractivity contribution in [2.75, 3.05) is 6.61 Å². The van der Waals surface area contributed by atoms with Gasteiger partial charge in [-0.3, -0.25) is 0 Å². The van der Waals surface area contributed by atoms with Crippen molar-refractivity contribution in [1.82, 2.24) is 4.90 Å². The lowest BCUT2D eigenvalue weighted by Gasteiger charge is -2.32. The van der Waals surface area contributed by atoms with Crippen molar-refractivity contribution in [1.29, 1.82) is 0 Å². The van der Waals surface area contributed by atoms with E-state index in [1.54, 1.807) is 4.90 Å². The molecule has 1 atom stereocenters. The normalized spacial score (nSPS) is 12.8. The Morgan fingerprint density at radius 1 is 1.36 bits per heavy atom.